The highest BCUT2D eigenvalue weighted by Gasteiger charge is 2.11. The summed E-state index contributed by atoms with van der Waals surface area (Å²) in [5, 5.41) is 4.12. The predicted molar refractivity (Wildman–Crippen MR) is 62.1 cm³/mol. The van der Waals surface area contributed by atoms with Crippen LogP contribution in [0.4, 0.5) is 0 Å². The normalized spacial score (nSPS) is 10.2. The monoisotopic (exact) mass is 231 g/mol. The lowest BCUT2D eigenvalue weighted by Crippen LogP contribution is -2.07. The molecule has 0 N–H and O–H groups in total. The Labute approximate surface area is 99.1 Å². The summed E-state index contributed by atoms with van der Waals surface area (Å²) in [5.74, 6) is 0.263. The van der Waals surface area contributed by atoms with Crippen molar-refractivity contribution in [1.29, 1.82) is 0 Å². The van der Waals surface area contributed by atoms with Crippen molar-refractivity contribution in [3.05, 3.63) is 41.9 Å². The van der Waals surface area contributed by atoms with Gasteiger partial charge in [-0.1, -0.05) is 0 Å². The standard InChI is InChI=1S/C12H13N3O2/c1-3-17-12(16)10-5-7-15(14-10)11-8-9(2)4-6-13-11/h4-8H,3H2,1-2H3. The van der Waals surface area contributed by atoms with Gasteiger partial charge in [-0.2, -0.15) is 5.10 Å². The number of ether oxygens (including phenoxy) is 1. The fourth-order valence-corrected chi connectivity index (χ4v) is 1.41. The van der Waals surface area contributed by atoms with Gasteiger partial charge in [0.05, 0.1) is 6.61 Å². The molecule has 0 bridgehead atoms. The van der Waals surface area contributed by atoms with Crippen molar-refractivity contribution < 1.29 is 9.53 Å². The third kappa shape index (κ3) is 2.50. The van der Waals surface area contributed by atoms with Gasteiger partial charge in [-0.3, -0.25) is 0 Å². The van der Waals surface area contributed by atoms with Crippen LogP contribution in [-0.2, 0) is 4.74 Å². The number of carbonyl (C=O) groups excluding carboxylic acids is 1. The first-order chi connectivity index (χ1) is 8.20. The number of hydrogen-bond donors (Lipinski definition) is 0. The fourth-order valence-electron chi connectivity index (χ4n) is 1.41. The molecule has 0 aliphatic heterocycles. The maximum absolute atomic E-state index is 11.4. The van der Waals surface area contributed by atoms with Gasteiger partial charge in [-0.15, -0.1) is 0 Å². The molecule has 5 heteroatoms. The maximum Gasteiger partial charge on any atom is 0.358 e. The molecule has 2 rings (SSSR count). The number of esters is 1. The molecule has 17 heavy (non-hydrogen) atoms. The molecule has 0 atom stereocenters. The zero-order valence-corrected chi connectivity index (χ0v) is 9.75. The highest BCUT2D eigenvalue weighted by atomic mass is 16.5. The van der Waals surface area contributed by atoms with E-state index in [4.69, 9.17) is 4.74 Å². The molecule has 0 aliphatic rings. The van der Waals surface area contributed by atoms with Crippen LogP contribution in [0, 0.1) is 6.92 Å². The highest BCUT2D eigenvalue weighted by molar-refractivity contribution is 5.87. The van der Waals surface area contributed by atoms with Crippen LogP contribution in [-0.4, -0.2) is 27.3 Å². The molecule has 0 aliphatic carbocycles. The van der Waals surface area contributed by atoms with E-state index in [0.717, 1.165) is 5.56 Å². The largest absolute Gasteiger partial charge is 0.461 e. The average molecular weight is 231 g/mol. The molecule has 5 nitrogen and oxygen atoms in total. The minimum Gasteiger partial charge on any atom is -0.461 e. The van der Waals surface area contributed by atoms with Gasteiger partial charge in [0.2, 0.25) is 0 Å². The molecule has 0 aromatic carbocycles. The lowest BCUT2D eigenvalue weighted by molar-refractivity contribution is 0.0519. The van der Waals surface area contributed by atoms with E-state index in [0.29, 0.717) is 12.4 Å². The fraction of sp³-hybridized carbons (Fsp3) is 0.250. The van der Waals surface area contributed by atoms with Gasteiger partial charge < -0.3 is 4.74 Å². The van der Waals surface area contributed by atoms with E-state index in [9.17, 15) is 4.79 Å². The van der Waals surface area contributed by atoms with Gasteiger partial charge in [-0.25, -0.2) is 14.5 Å². The number of carbonyl (C=O) groups is 1. The van der Waals surface area contributed by atoms with Gasteiger partial charge in [0, 0.05) is 12.4 Å². The predicted octanol–water partition coefficient (Wildman–Crippen LogP) is 1.75. The van der Waals surface area contributed by atoms with Crippen molar-refractivity contribution in [1.82, 2.24) is 14.8 Å². The summed E-state index contributed by atoms with van der Waals surface area (Å²) in [6.45, 7) is 4.08. The first-order valence-corrected chi connectivity index (χ1v) is 5.36. The SMILES string of the molecule is CCOC(=O)c1ccn(-c2cc(C)ccn2)n1. The summed E-state index contributed by atoms with van der Waals surface area (Å²) in [4.78, 5) is 15.6. The molecule has 0 spiro atoms. The van der Waals surface area contributed by atoms with Crippen LogP contribution < -0.4 is 0 Å². The molecule has 0 amide bonds. The molecule has 0 saturated carbocycles. The third-order valence-corrected chi connectivity index (χ3v) is 2.21. The number of nitrogens with zero attached hydrogens (tertiary/aromatic N) is 3. The topological polar surface area (TPSA) is 57.0 Å². The Kier molecular flexibility index (Phi) is 3.18. The molecule has 88 valence electrons. The summed E-state index contributed by atoms with van der Waals surface area (Å²) < 4.78 is 6.42. The van der Waals surface area contributed by atoms with Gasteiger partial charge >= 0.3 is 5.97 Å². The van der Waals surface area contributed by atoms with E-state index in [1.807, 2.05) is 19.1 Å². The molecule has 0 saturated heterocycles. The van der Waals surface area contributed by atoms with Crippen molar-refractivity contribution in [2.45, 2.75) is 13.8 Å². The first-order valence-electron chi connectivity index (χ1n) is 5.36. The van der Waals surface area contributed by atoms with Gasteiger partial charge in [0.25, 0.3) is 0 Å². The van der Waals surface area contributed by atoms with E-state index in [2.05, 4.69) is 10.1 Å². The van der Waals surface area contributed by atoms with Gasteiger partial charge in [-0.05, 0) is 37.6 Å². The molecular weight excluding hydrogens is 218 g/mol. The number of rotatable bonds is 3. The zero-order chi connectivity index (χ0) is 12.3. The summed E-state index contributed by atoms with van der Waals surface area (Å²) in [5.41, 5.74) is 1.37. The second-order valence-electron chi connectivity index (χ2n) is 3.56. The van der Waals surface area contributed by atoms with Crippen LogP contribution in [0.1, 0.15) is 23.0 Å². The Morgan fingerprint density at radius 1 is 1.47 bits per heavy atom. The zero-order valence-electron chi connectivity index (χ0n) is 9.75. The van der Waals surface area contributed by atoms with Crippen molar-refractivity contribution in [3.63, 3.8) is 0 Å². The average Bonchev–Trinajstić information content (AvgIpc) is 2.78. The molecule has 2 aromatic rings. The van der Waals surface area contributed by atoms with Gasteiger partial charge in [0.15, 0.2) is 11.5 Å². The Balaban J connectivity index is 2.27. The number of aryl methyl sites for hydroxylation is 1. The van der Waals surface area contributed by atoms with Crippen molar-refractivity contribution in [3.8, 4) is 5.82 Å². The summed E-state index contributed by atoms with van der Waals surface area (Å²) in [6, 6.07) is 5.41. The van der Waals surface area contributed by atoms with Crippen molar-refractivity contribution in [2.24, 2.45) is 0 Å². The van der Waals surface area contributed by atoms with E-state index in [-0.39, 0.29) is 5.69 Å². The highest BCUT2D eigenvalue weighted by Crippen LogP contribution is 2.07. The van der Waals surface area contributed by atoms with Crippen LogP contribution >= 0.6 is 0 Å². The number of hydrogen-bond acceptors (Lipinski definition) is 4. The molecule has 2 aromatic heterocycles. The van der Waals surface area contributed by atoms with Crippen LogP contribution in [0.5, 0.6) is 0 Å². The number of pyridine rings is 1. The summed E-state index contributed by atoms with van der Waals surface area (Å²) in [7, 11) is 0. The molecule has 0 fully saturated rings. The molecule has 2 heterocycles. The van der Waals surface area contributed by atoms with Crippen LogP contribution in [0.3, 0.4) is 0 Å². The van der Waals surface area contributed by atoms with Crippen molar-refractivity contribution >= 4 is 5.97 Å². The second-order valence-corrected chi connectivity index (χ2v) is 3.56. The van der Waals surface area contributed by atoms with Crippen LogP contribution in [0.2, 0.25) is 0 Å². The summed E-state index contributed by atoms with van der Waals surface area (Å²) in [6.07, 6.45) is 3.39. The maximum atomic E-state index is 11.4. The smallest absolute Gasteiger partial charge is 0.358 e. The quantitative estimate of drug-likeness (QED) is 0.755. The lowest BCUT2D eigenvalue weighted by atomic mass is 10.3. The Hall–Kier alpha value is -2.17. The minimum absolute atomic E-state index is 0.287. The Morgan fingerprint density at radius 3 is 3.00 bits per heavy atom. The first kappa shape index (κ1) is 11.3. The van der Waals surface area contributed by atoms with E-state index >= 15 is 0 Å². The molecule has 0 unspecified atom stereocenters. The second kappa shape index (κ2) is 4.78. The van der Waals surface area contributed by atoms with E-state index in [1.54, 1.807) is 30.1 Å². The molecule has 0 radical (unpaired) electrons. The van der Waals surface area contributed by atoms with E-state index in [1.165, 1.54) is 0 Å². The minimum atomic E-state index is -0.418. The Bertz CT molecular complexity index is 534. The lowest BCUT2D eigenvalue weighted by Gasteiger charge is -2.01. The third-order valence-electron chi connectivity index (χ3n) is 2.21. The van der Waals surface area contributed by atoms with Crippen LogP contribution in [0.25, 0.3) is 5.82 Å². The van der Waals surface area contributed by atoms with E-state index < -0.39 is 5.97 Å². The number of aromatic nitrogens is 3. The van der Waals surface area contributed by atoms with Crippen molar-refractivity contribution in [2.75, 3.05) is 6.61 Å². The molecular formula is C12H13N3O2. The van der Waals surface area contributed by atoms with Crippen LogP contribution in [0.15, 0.2) is 30.6 Å². The summed E-state index contributed by atoms with van der Waals surface area (Å²) >= 11 is 0. The van der Waals surface area contributed by atoms with Gasteiger partial charge in [0.1, 0.15) is 0 Å². The Morgan fingerprint density at radius 2 is 2.29 bits per heavy atom.